The molecular weight excluding hydrogens is 717 g/mol. The van der Waals surface area contributed by atoms with Gasteiger partial charge in [-0.2, -0.15) is 0 Å². The maximum Gasteiger partial charge on any atom is 0.159 e. The number of fused-ring (bicyclic) bond motifs is 9. The summed E-state index contributed by atoms with van der Waals surface area (Å²) >= 11 is 1.82. The second-order valence-corrected chi connectivity index (χ2v) is 15.7. The van der Waals surface area contributed by atoms with Crippen molar-refractivity contribution in [1.82, 2.24) is 9.88 Å². The average Bonchev–Trinajstić information content (AvgIpc) is 3.95. The van der Waals surface area contributed by atoms with Gasteiger partial charge in [0.2, 0.25) is 0 Å². The Hall–Kier alpha value is -7.28. The smallest absolute Gasteiger partial charge is 0.159 e. The molecular formula is C51H32N4OS. The van der Waals surface area contributed by atoms with Crippen molar-refractivity contribution < 1.29 is 4.42 Å². The van der Waals surface area contributed by atoms with Crippen LogP contribution in [0.2, 0.25) is 0 Å². The van der Waals surface area contributed by atoms with Crippen LogP contribution in [0, 0.1) is 0 Å². The number of para-hydroxylation sites is 3. The summed E-state index contributed by atoms with van der Waals surface area (Å²) in [6.45, 7) is 0. The summed E-state index contributed by atoms with van der Waals surface area (Å²) in [5, 5.41) is 10.8. The van der Waals surface area contributed by atoms with E-state index in [0.717, 1.165) is 67.1 Å². The Morgan fingerprint density at radius 1 is 0.491 bits per heavy atom. The summed E-state index contributed by atoms with van der Waals surface area (Å²) < 4.78 is 11.6. The zero-order chi connectivity index (χ0) is 37.5. The van der Waals surface area contributed by atoms with Crippen molar-refractivity contribution in [1.29, 1.82) is 0 Å². The lowest BCUT2D eigenvalue weighted by molar-refractivity contribution is 0.666. The van der Waals surface area contributed by atoms with E-state index in [2.05, 4.69) is 155 Å². The van der Waals surface area contributed by atoms with E-state index in [1.165, 1.54) is 42.0 Å². The van der Waals surface area contributed by atoms with E-state index in [9.17, 15) is 0 Å². The molecule has 0 amide bonds. The molecule has 1 aliphatic rings. The Morgan fingerprint density at radius 2 is 1.16 bits per heavy atom. The molecule has 4 heterocycles. The van der Waals surface area contributed by atoms with Gasteiger partial charge in [-0.25, -0.2) is 9.98 Å². The number of hydrogen-bond acceptors (Lipinski definition) is 5. The number of amidine groups is 2. The minimum atomic E-state index is -0.274. The highest BCUT2D eigenvalue weighted by Gasteiger charge is 2.22. The second kappa shape index (κ2) is 12.6. The fourth-order valence-corrected chi connectivity index (χ4v) is 9.68. The number of rotatable bonds is 5. The van der Waals surface area contributed by atoms with Crippen molar-refractivity contribution in [2.75, 3.05) is 0 Å². The molecule has 0 saturated carbocycles. The molecule has 0 bridgehead atoms. The third-order valence-electron chi connectivity index (χ3n) is 11.3. The first-order valence-electron chi connectivity index (χ1n) is 19.2. The van der Waals surface area contributed by atoms with Gasteiger partial charge in [0.05, 0.1) is 16.7 Å². The van der Waals surface area contributed by atoms with E-state index in [4.69, 9.17) is 14.4 Å². The third-order valence-corrected chi connectivity index (χ3v) is 12.4. The summed E-state index contributed by atoms with van der Waals surface area (Å²) in [6.07, 6.45) is -0.274. The lowest BCUT2D eigenvalue weighted by atomic mass is 10.0. The molecule has 1 aliphatic heterocycles. The topological polar surface area (TPSA) is 54.8 Å². The third kappa shape index (κ3) is 5.15. The first-order chi connectivity index (χ1) is 28.2. The van der Waals surface area contributed by atoms with E-state index in [0.29, 0.717) is 0 Å². The number of aromatic nitrogens is 1. The largest absolute Gasteiger partial charge is 0.454 e. The van der Waals surface area contributed by atoms with Crippen LogP contribution in [0.5, 0.6) is 0 Å². The standard InChI is InChI=1S/C51H32N4OS/c1-3-12-31(13-4-1)49-52-50(32-14-5-2-6-15-32)54-51(53-49)35-23-26-39-41-28-33(24-27-46(41)57-47(39)30-35)34-22-25-38-40-18-11-21-44(48(40)56-45(38)29-34)55-42-19-9-7-16-36(42)37-17-8-10-20-43(37)55/h1-30,51H,(H,52,53,54). The van der Waals surface area contributed by atoms with Gasteiger partial charge in [0.15, 0.2) is 11.4 Å². The maximum absolute atomic E-state index is 6.81. The first kappa shape index (κ1) is 32.0. The van der Waals surface area contributed by atoms with Crippen LogP contribution >= 0.6 is 11.3 Å². The molecule has 0 spiro atoms. The summed E-state index contributed by atoms with van der Waals surface area (Å²) in [6, 6.07) is 64.4. The minimum absolute atomic E-state index is 0.274. The summed E-state index contributed by atoms with van der Waals surface area (Å²) in [7, 11) is 0. The van der Waals surface area contributed by atoms with Crippen molar-refractivity contribution in [2.45, 2.75) is 6.17 Å². The zero-order valence-electron chi connectivity index (χ0n) is 30.6. The van der Waals surface area contributed by atoms with Crippen molar-refractivity contribution >= 4 is 86.9 Å². The average molecular weight is 749 g/mol. The molecule has 1 atom stereocenters. The highest BCUT2D eigenvalue weighted by Crippen LogP contribution is 2.41. The summed E-state index contributed by atoms with van der Waals surface area (Å²) in [4.78, 5) is 10.1. The molecule has 11 aromatic rings. The van der Waals surface area contributed by atoms with Crippen molar-refractivity contribution in [3.05, 3.63) is 199 Å². The molecule has 6 heteroatoms. The van der Waals surface area contributed by atoms with Gasteiger partial charge < -0.3 is 14.3 Å². The van der Waals surface area contributed by atoms with E-state index in [1.54, 1.807) is 0 Å². The van der Waals surface area contributed by atoms with Crippen molar-refractivity contribution in [3.8, 4) is 16.8 Å². The molecule has 0 fully saturated rings. The second-order valence-electron chi connectivity index (χ2n) is 14.6. The normalized spacial score (nSPS) is 14.5. The Kier molecular flexibility index (Phi) is 7.09. The fourth-order valence-electron chi connectivity index (χ4n) is 8.54. The van der Waals surface area contributed by atoms with Crippen molar-refractivity contribution in [3.63, 3.8) is 0 Å². The molecule has 0 radical (unpaired) electrons. The number of benzene rings is 8. The lowest BCUT2D eigenvalue weighted by Gasteiger charge is -2.23. The van der Waals surface area contributed by atoms with Crippen LogP contribution in [-0.2, 0) is 0 Å². The number of furan rings is 1. The lowest BCUT2D eigenvalue weighted by Crippen LogP contribution is -2.33. The number of nitrogens with one attached hydrogen (secondary N) is 1. The molecule has 0 aliphatic carbocycles. The summed E-state index contributed by atoms with van der Waals surface area (Å²) in [5.74, 6) is 1.54. The molecule has 1 N–H and O–H groups in total. The number of thiophene rings is 1. The quantitative estimate of drug-likeness (QED) is 0.191. The number of nitrogens with zero attached hydrogens (tertiary/aromatic N) is 3. The minimum Gasteiger partial charge on any atom is -0.454 e. The number of aliphatic imine (C=N–C) groups is 2. The van der Waals surface area contributed by atoms with Crippen LogP contribution in [0.25, 0.3) is 80.7 Å². The van der Waals surface area contributed by atoms with Crippen molar-refractivity contribution in [2.24, 2.45) is 9.98 Å². The molecule has 8 aromatic carbocycles. The van der Waals surface area contributed by atoms with Gasteiger partial charge in [-0.15, -0.1) is 11.3 Å². The van der Waals surface area contributed by atoms with Gasteiger partial charge in [-0.1, -0.05) is 133 Å². The van der Waals surface area contributed by atoms with Gasteiger partial charge in [0.1, 0.15) is 17.6 Å². The predicted molar refractivity (Wildman–Crippen MR) is 238 cm³/mol. The number of hydrogen-bond donors (Lipinski definition) is 1. The van der Waals surface area contributed by atoms with Crippen LogP contribution in [0.3, 0.4) is 0 Å². The molecule has 12 rings (SSSR count). The highest BCUT2D eigenvalue weighted by atomic mass is 32.1. The Balaban J connectivity index is 0.925. The Bertz CT molecular complexity index is 3390. The van der Waals surface area contributed by atoms with Crippen LogP contribution in [0.4, 0.5) is 0 Å². The van der Waals surface area contributed by atoms with Gasteiger partial charge in [0.25, 0.3) is 0 Å². The summed E-state index contributed by atoms with van der Waals surface area (Å²) in [5.41, 5.74) is 10.6. The van der Waals surface area contributed by atoms with Gasteiger partial charge >= 0.3 is 0 Å². The van der Waals surface area contributed by atoms with Gasteiger partial charge in [-0.3, -0.25) is 0 Å². The van der Waals surface area contributed by atoms with Crippen LogP contribution < -0.4 is 5.32 Å². The van der Waals surface area contributed by atoms with E-state index < -0.39 is 0 Å². The Morgan fingerprint density at radius 3 is 1.95 bits per heavy atom. The SMILES string of the molecule is c1ccc(C2=NC(c3ccc4c(c3)sc3ccc(-c5ccc6c(c5)oc5c(-n7c8ccccc8c8ccccc87)cccc56)cc34)NC(c3ccccc3)=N2)cc1. The first-order valence-corrected chi connectivity index (χ1v) is 20.0. The Labute approximate surface area is 331 Å². The molecule has 3 aromatic heterocycles. The van der Waals surface area contributed by atoms with E-state index in [-0.39, 0.29) is 6.17 Å². The van der Waals surface area contributed by atoms with E-state index >= 15 is 0 Å². The zero-order valence-corrected chi connectivity index (χ0v) is 31.4. The molecule has 0 saturated heterocycles. The fraction of sp³-hybridized carbons (Fsp3) is 0.0196. The van der Waals surface area contributed by atoms with Gasteiger partial charge in [-0.05, 0) is 65.2 Å². The van der Waals surface area contributed by atoms with Crippen LogP contribution in [0.1, 0.15) is 22.9 Å². The highest BCUT2D eigenvalue weighted by molar-refractivity contribution is 7.25. The molecule has 268 valence electrons. The predicted octanol–water partition coefficient (Wildman–Crippen LogP) is 13.2. The van der Waals surface area contributed by atoms with Crippen LogP contribution in [-0.4, -0.2) is 16.2 Å². The van der Waals surface area contributed by atoms with E-state index in [1.807, 2.05) is 47.7 Å². The molecule has 1 unspecified atom stereocenters. The maximum atomic E-state index is 6.81. The molecule has 5 nitrogen and oxygen atoms in total. The monoisotopic (exact) mass is 748 g/mol. The van der Waals surface area contributed by atoms with Crippen LogP contribution in [0.15, 0.2) is 196 Å². The molecule has 57 heavy (non-hydrogen) atoms. The van der Waals surface area contributed by atoms with Gasteiger partial charge in [0, 0.05) is 52.8 Å².